The monoisotopic (exact) mass is 354 g/mol. The quantitative estimate of drug-likeness (QED) is 0.463. The highest BCUT2D eigenvalue weighted by atomic mass is 14.3. The maximum absolute atomic E-state index is 2.56. The summed E-state index contributed by atoms with van der Waals surface area (Å²) in [6.07, 6.45) is 17.2. The third-order valence-corrected chi connectivity index (χ3v) is 7.82. The fourth-order valence-electron chi connectivity index (χ4n) is 5.86. The summed E-state index contributed by atoms with van der Waals surface area (Å²) >= 11 is 0. The molecule has 0 heterocycles. The van der Waals surface area contributed by atoms with Gasteiger partial charge in [0.2, 0.25) is 0 Å². The molecule has 0 aliphatic heterocycles. The summed E-state index contributed by atoms with van der Waals surface area (Å²) in [6.45, 7) is 7.21. The van der Waals surface area contributed by atoms with Crippen LogP contribution in [-0.2, 0) is 6.42 Å². The molecular formula is C26H42. The lowest BCUT2D eigenvalue weighted by Crippen LogP contribution is -2.23. The molecule has 0 N–H and O–H groups in total. The number of benzene rings is 1. The van der Waals surface area contributed by atoms with Gasteiger partial charge in [-0.3, -0.25) is 0 Å². The molecule has 0 heteroatoms. The minimum atomic E-state index is 0.831. The Balaban J connectivity index is 1.42. The summed E-state index contributed by atoms with van der Waals surface area (Å²) < 4.78 is 0. The Morgan fingerprint density at radius 3 is 2.00 bits per heavy atom. The summed E-state index contributed by atoms with van der Waals surface area (Å²) in [4.78, 5) is 0. The van der Waals surface area contributed by atoms with Crippen LogP contribution in [0.4, 0.5) is 0 Å². The predicted molar refractivity (Wildman–Crippen MR) is 115 cm³/mol. The molecule has 2 aliphatic carbocycles. The van der Waals surface area contributed by atoms with Crippen LogP contribution in [0.5, 0.6) is 0 Å². The van der Waals surface area contributed by atoms with Crippen LogP contribution in [0.2, 0.25) is 0 Å². The molecule has 2 fully saturated rings. The highest BCUT2D eigenvalue weighted by Crippen LogP contribution is 2.42. The molecule has 1 aromatic carbocycles. The van der Waals surface area contributed by atoms with Crippen molar-refractivity contribution >= 4 is 0 Å². The maximum atomic E-state index is 2.56. The first-order valence-electron chi connectivity index (χ1n) is 11.8. The van der Waals surface area contributed by atoms with Gasteiger partial charge in [0.1, 0.15) is 0 Å². The summed E-state index contributed by atoms with van der Waals surface area (Å²) in [5, 5.41) is 0. The predicted octanol–water partition coefficient (Wildman–Crippen LogP) is 8.16. The van der Waals surface area contributed by atoms with Crippen LogP contribution in [-0.4, -0.2) is 0 Å². The minimum Gasteiger partial charge on any atom is -0.0651 e. The van der Waals surface area contributed by atoms with Crippen molar-refractivity contribution in [3.8, 4) is 0 Å². The van der Waals surface area contributed by atoms with E-state index in [-0.39, 0.29) is 0 Å². The molecule has 1 aromatic rings. The van der Waals surface area contributed by atoms with Crippen LogP contribution >= 0.6 is 0 Å². The molecule has 0 spiro atoms. The molecule has 0 aromatic heterocycles. The molecule has 0 nitrogen and oxygen atoms in total. The van der Waals surface area contributed by atoms with E-state index in [0.717, 1.165) is 29.6 Å². The third kappa shape index (κ3) is 5.37. The topological polar surface area (TPSA) is 0 Å². The van der Waals surface area contributed by atoms with Gasteiger partial charge in [0, 0.05) is 0 Å². The molecule has 0 amide bonds. The van der Waals surface area contributed by atoms with E-state index in [1.165, 1.54) is 82.6 Å². The maximum Gasteiger partial charge on any atom is -0.0162 e. The summed E-state index contributed by atoms with van der Waals surface area (Å²) in [5.41, 5.74) is 3.12. The molecule has 2 saturated carbocycles. The Kier molecular flexibility index (Phi) is 7.64. The van der Waals surface area contributed by atoms with Crippen LogP contribution in [0.15, 0.2) is 24.3 Å². The van der Waals surface area contributed by atoms with E-state index < -0.39 is 0 Å². The number of aryl methyl sites for hydroxylation is 1. The van der Waals surface area contributed by atoms with Gasteiger partial charge in [-0.2, -0.15) is 0 Å². The lowest BCUT2D eigenvalue weighted by molar-refractivity contribution is 0.172. The van der Waals surface area contributed by atoms with Crippen LogP contribution in [0.1, 0.15) is 108 Å². The largest absolute Gasteiger partial charge is 0.0651 e. The van der Waals surface area contributed by atoms with Gasteiger partial charge < -0.3 is 0 Å². The van der Waals surface area contributed by atoms with E-state index in [2.05, 4.69) is 45.0 Å². The Morgan fingerprint density at radius 2 is 1.42 bits per heavy atom. The van der Waals surface area contributed by atoms with Crippen LogP contribution in [0.25, 0.3) is 0 Å². The van der Waals surface area contributed by atoms with E-state index in [4.69, 9.17) is 0 Å². The van der Waals surface area contributed by atoms with Crippen molar-refractivity contribution in [3.05, 3.63) is 35.4 Å². The number of rotatable bonds is 7. The van der Waals surface area contributed by atoms with Crippen molar-refractivity contribution in [1.29, 1.82) is 0 Å². The van der Waals surface area contributed by atoms with Gasteiger partial charge in [0.25, 0.3) is 0 Å². The van der Waals surface area contributed by atoms with Crippen molar-refractivity contribution in [1.82, 2.24) is 0 Å². The highest BCUT2D eigenvalue weighted by Gasteiger charge is 2.28. The molecule has 146 valence electrons. The lowest BCUT2D eigenvalue weighted by Gasteiger charge is -2.35. The van der Waals surface area contributed by atoms with Gasteiger partial charge in [-0.05, 0) is 92.1 Å². The Bertz CT molecular complexity index is 497. The molecule has 0 radical (unpaired) electrons. The first-order valence-corrected chi connectivity index (χ1v) is 11.8. The van der Waals surface area contributed by atoms with Gasteiger partial charge >= 0.3 is 0 Å². The van der Waals surface area contributed by atoms with E-state index in [1.54, 1.807) is 5.56 Å². The normalized spacial score (nSPS) is 30.9. The molecular weight excluding hydrogens is 312 g/mol. The standard InChI is InChI=1S/C26H42/c1-4-6-22-9-15-25(16-10-22)26-17-11-23(12-18-26)19-20(3)24-13-7-21(5-2)8-14-24/h9-10,15-16,20-21,23-24,26H,4-8,11-14,17-19H2,1-3H3. The third-order valence-electron chi connectivity index (χ3n) is 7.82. The molecule has 0 bridgehead atoms. The van der Waals surface area contributed by atoms with E-state index in [1.807, 2.05) is 0 Å². The van der Waals surface area contributed by atoms with E-state index in [9.17, 15) is 0 Å². The number of hydrogen-bond donors (Lipinski definition) is 0. The van der Waals surface area contributed by atoms with Crippen molar-refractivity contribution < 1.29 is 0 Å². The highest BCUT2D eigenvalue weighted by molar-refractivity contribution is 5.25. The van der Waals surface area contributed by atoms with E-state index >= 15 is 0 Å². The Morgan fingerprint density at radius 1 is 0.808 bits per heavy atom. The fraction of sp³-hybridized carbons (Fsp3) is 0.769. The molecule has 0 saturated heterocycles. The second-order valence-electron chi connectivity index (χ2n) is 9.61. The summed E-state index contributed by atoms with van der Waals surface area (Å²) in [5.74, 6) is 4.86. The smallest absolute Gasteiger partial charge is 0.0162 e. The zero-order chi connectivity index (χ0) is 18.4. The SMILES string of the molecule is CCCc1ccc(C2CCC(CC(C)C3CCC(CC)CC3)CC2)cc1. The average molecular weight is 355 g/mol. The molecule has 26 heavy (non-hydrogen) atoms. The van der Waals surface area contributed by atoms with Crippen LogP contribution < -0.4 is 0 Å². The van der Waals surface area contributed by atoms with Gasteiger partial charge in [-0.15, -0.1) is 0 Å². The van der Waals surface area contributed by atoms with Gasteiger partial charge in [0.15, 0.2) is 0 Å². The number of hydrogen-bond acceptors (Lipinski definition) is 0. The first kappa shape index (κ1) is 20.0. The van der Waals surface area contributed by atoms with Crippen molar-refractivity contribution in [2.24, 2.45) is 23.7 Å². The average Bonchev–Trinajstić information content (AvgIpc) is 2.69. The minimum absolute atomic E-state index is 0.831. The van der Waals surface area contributed by atoms with Crippen molar-refractivity contribution in [2.75, 3.05) is 0 Å². The van der Waals surface area contributed by atoms with Crippen molar-refractivity contribution in [3.63, 3.8) is 0 Å². The molecule has 3 rings (SSSR count). The lowest BCUT2D eigenvalue weighted by atomic mass is 9.70. The van der Waals surface area contributed by atoms with Gasteiger partial charge in [0.05, 0.1) is 0 Å². The van der Waals surface area contributed by atoms with Gasteiger partial charge in [-0.1, -0.05) is 70.7 Å². The second kappa shape index (κ2) is 9.95. The summed E-state index contributed by atoms with van der Waals surface area (Å²) in [6, 6.07) is 9.59. The van der Waals surface area contributed by atoms with Crippen LogP contribution in [0.3, 0.4) is 0 Å². The Hall–Kier alpha value is -0.780. The first-order chi connectivity index (χ1) is 12.7. The second-order valence-corrected chi connectivity index (χ2v) is 9.61. The molecule has 1 atom stereocenters. The molecule has 1 unspecified atom stereocenters. The zero-order valence-corrected chi connectivity index (χ0v) is 17.7. The fourth-order valence-corrected chi connectivity index (χ4v) is 5.86. The molecule has 2 aliphatic rings. The Labute approximate surface area is 163 Å². The van der Waals surface area contributed by atoms with Gasteiger partial charge in [-0.25, -0.2) is 0 Å². The van der Waals surface area contributed by atoms with Crippen molar-refractivity contribution in [2.45, 2.75) is 104 Å². The van der Waals surface area contributed by atoms with E-state index in [0.29, 0.717) is 0 Å². The summed E-state index contributed by atoms with van der Waals surface area (Å²) in [7, 11) is 0. The zero-order valence-electron chi connectivity index (χ0n) is 17.7. The van der Waals surface area contributed by atoms with Crippen LogP contribution in [0, 0.1) is 23.7 Å².